The fourth-order valence-electron chi connectivity index (χ4n) is 2.46. The highest BCUT2D eigenvalue weighted by atomic mass is 32.1. The lowest BCUT2D eigenvalue weighted by atomic mass is 10.2. The summed E-state index contributed by atoms with van der Waals surface area (Å²) in [6.07, 6.45) is 3.45. The molecule has 1 N–H and O–H groups in total. The van der Waals surface area contributed by atoms with Crippen molar-refractivity contribution in [3.8, 4) is 5.75 Å². The summed E-state index contributed by atoms with van der Waals surface area (Å²) < 4.78 is 5.43. The van der Waals surface area contributed by atoms with E-state index >= 15 is 0 Å². The van der Waals surface area contributed by atoms with E-state index in [-0.39, 0.29) is 5.91 Å². The number of aryl methyl sites for hydroxylation is 2. The molecule has 20 heavy (non-hydrogen) atoms. The normalized spacial score (nSPS) is 13.1. The zero-order chi connectivity index (χ0) is 13.9. The molecule has 1 heterocycles. The van der Waals surface area contributed by atoms with Gasteiger partial charge >= 0.3 is 0 Å². The third kappa shape index (κ3) is 2.70. The van der Waals surface area contributed by atoms with Gasteiger partial charge < -0.3 is 10.1 Å². The number of carbonyl (C=O) groups is 1. The number of hydrogen-bond acceptors (Lipinski definition) is 3. The third-order valence-corrected chi connectivity index (χ3v) is 4.61. The molecule has 1 amide bonds. The number of benzene rings is 1. The summed E-state index contributed by atoms with van der Waals surface area (Å²) in [6, 6.07) is 9.53. The van der Waals surface area contributed by atoms with Crippen LogP contribution in [-0.4, -0.2) is 12.5 Å². The lowest BCUT2D eigenvalue weighted by molar-refractivity contribution is 0.103. The molecular formula is C16H17NO2S. The monoisotopic (exact) mass is 287 g/mol. The number of hydrogen-bond donors (Lipinski definition) is 1. The van der Waals surface area contributed by atoms with E-state index in [9.17, 15) is 4.79 Å². The van der Waals surface area contributed by atoms with E-state index in [1.165, 1.54) is 16.9 Å². The molecule has 0 spiro atoms. The topological polar surface area (TPSA) is 38.3 Å². The lowest BCUT2D eigenvalue weighted by Crippen LogP contribution is -2.10. The number of nitrogens with one attached hydrogen (secondary N) is 1. The van der Waals surface area contributed by atoms with Crippen LogP contribution in [0.3, 0.4) is 0 Å². The molecule has 0 fully saturated rings. The van der Waals surface area contributed by atoms with Gasteiger partial charge in [-0.05, 0) is 49.9 Å². The Balaban J connectivity index is 1.73. The highest BCUT2D eigenvalue weighted by Crippen LogP contribution is 2.31. The standard InChI is InChI=1S/C16H17NO2S/c1-2-19-13-7-4-6-12(10-13)17-16(18)15-9-11-5-3-8-14(11)20-15/h4,6-7,9-10H,2-3,5,8H2,1H3,(H,17,18). The van der Waals surface area contributed by atoms with Crippen LogP contribution < -0.4 is 10.1 Å². The van der Waals surface area contributed by atoms with Crippen LogP contribution in [-0.2, 0) is 12.8 Å². The van der Waals surface area contributed by atoms with Gasteiger partial charge in [-0.2, -0.15) is 0 Å². The minimum absolute atomic E-state index is 0.0296. The molecular weight excluding hydrogens is 270 g/mol. The Morgan fingerprint density at radius 3 is 3.05 bits per heavy atom. The molecule has 2 aromatic rings. The highest BCUT2D eigenvalue weighted by Gasteiger charge is 2.18. The smallest absolute Gasteiger partial charge is 0.265 e. The molecule has 0 unspecified atom stereocenters. The van der Waals surface area contributed by atoms with Crippen molar-refractivity contribution in [1.29, 1.82) is 0 Å². The van der Waals surface area contributed by atoms with Crippen LogP contribution in [0.2, 0.25) is 0 Å². The molecule has 3 nitrogen and oxygen atoms in total. The van der Waals surface area contributed by atoms with Gasteiger partial charge in [-0.1, -0.05) is 6.07 Å². The Morgan fingerprint density at radius 2 is 2.25 bits per heavy atom. The van der Waals surface area contributed by atoms with Crippen LogP contribution in [0.4, 0.5) is 5.69 Å². The van der Waals surface area contributed by atoms with Crippen molar-refractivity contribution in [2.45, 2.75) is 26.2 Å². The minimum Gasteiger partial charge on any atom is -0.494 e. The summed E-state index contributed by atoms with van der Waals surface area (Å²) in [5.41, 5.74) is 2.12. The van der Waals surface area contributed by atoms with Crippen LogP contribution in [0.5, 0.6) is 5.75 Å². The van der Waals surface area contributed by atoms with Gasteiger partial charge in [0.05, 0.1) is 11.5 Å². The maximum atomic E-state index is 12.2. The van der Waals surface area contributed by atoms with Gasteiger partial charge in [0.25, 0.3) is 5.91 Å². The summed E-state index contributed by atoms with van der Waals surface area (Å²) in [7, 11) is 0. The largest absolute Gasteiger partial charge is 0.494 e. The van der Waals surface area contributed by atoms with E-state index in [0.29, 0.717) is 6.61 Å². The van der Waals surface area contributed by atoms with Crippen LogP contribution in [0.25, 0.3) is 0 Å². The maximum Gasteiger partial charge on any atom is 0.265 e. The SMILES string of the molecule is CCOc1cccc(NC(=O)c2cc3c(s2)CCC3)c1. The van der Waals surface area contributed by atoms with Gasteiger partial charge in [-0.25, -0.2) is 0 Å². The summed E-state index contributed by atoms with van der Waals surface area (Å²) in [5, 5.41) is 2.94. The number of thiophene rings is 1. The molecule has 0 aliphatic heterocycles. The van der Waals surface area contributed by atoms with Crippen LogP contribution in [0, 0.1) is 0 Å². The first-order valence-corrected chi connectivity index (χ1v) is 7.73. The van der Waals surface area contributed by atoms with E-state index in [2.05, 4.69) is 5.32 Å². The van der Waals surface area contributed by atoms with Crippen molar-refractivity contribution >= 4 is 22.9 Å². The fraction of sp³-hybridized carbons (Fsp3) is 0.312. The summed E-state index contributed by atoms with van der Waals surface area (Å²) in [4.78, 5) is 14.4. The molecule has 104 valence electrons. The van der Waals surface area contributed by atoms with E-state index in [1.807, 2.05) is 37.3 Å². The molecule has 0 saturated heterocycles. The van der Waals surface area contributed by atoms with Crippen molar-refractivity contribution in [3.05, 3.63) is 45.6 Å². The first-order valence-electron chi connectivity index (χ1n) is 6.92. The number of anilines is 1. The van der Waals surface area contributed by atoms with Gasteiger partial charge in [0.15, 0.2) is 0 Å². The summed E-state index contributed by atoms with van der Waals surface area (Å²) in [5.74, 6) is 0.747. The first-order chi connectivity index (χ1) is 9.76. The van der Waals surface area contributed by atoms with Crippen LogP contribution >= 0.6 is 11.3 Å². The lowest BCUT2D eigenvalue weighted by Gasteiger charge is -2.07. The maximum absolute atomic E-state index is 12.2. The van der Waals surface area contributed by atoms with E-state index in [0.717, 1.165) is 29.2 Å². The number of fused-ring (bicyclic) bond motifs is 1. The van der Waals surface area contributed by atoms with Gasteiger partial charge in [0, 0.05) is 16.6 Å². The van der Waals surface area contributed by atoms with Crippen molar-refractivity contribution in [2.24, 2.45) is 0 Å². The molecule has 0 bridgehead atoms. The van der Waals surface area contributed by atoms with E-state index in [4.69, 9.17) is 4.74 Å². The Labute approximate surface area is 122 Å². The molecule has 1 aromatic heterocycles. The molecule has 1 aliphatic carbocycles. The van der Waals surface area contributed by atoms with Crippen molar-refractivity contribution in [1.82, 2.24) is 0 Å². The second kappa shape index (κ2) is 5.67. The third-order valence-electron chi connectivity index (χ3n) is 3.37. The Hall–Kier alpha value is -1.81. The first kappa shape index (κ1) is 13.2. The van der Waals surface area contributed by atoms with E-state index < -0.39 is 0 Å². The predicted octanol–water partition coefficient (Wildman–Crippen LogP) is 3.89. The quantitative estimate of drug-likeness (QED) is 0.926. The Morgan fingerprint density at radius 1 is 1.35 bits per heavy atom. The number of ether oxygens (including phenoxy) is 1. The van der Waals surface area contributed by atoms with Crippen molar-refractivity contribution < 1.29 is 9.53 Å². The number of carbonyl (C=O) groups excluding carboxylic acids is 1. The predicted molar refractivity (Wildman–Crippen MR) is 81.9 cm³/mol. The van der Waals surface area contributed by atoms with E-state index in [1.54, 1.807) is 11.3 Å². The van der Waals surface area contributed by atoms with Crippen LogP contribution in [0.15, 0.2) is 30.3 Å². The molecule has 1 aliphatic rings. The zero-order valence-electron chi connectivity index (χ0n) is 11.4. The zero-order valence-corrected chi connectivity index (χ0v) is 12.3. The van der Waals surface area contributed by atoms with Crippen molar-refractivity contribution in [2.75, 3.05) is 11.9 Å². The molecule has 3 rings (SSSR count). The second-order valence-electron chi connectivity index (χ2n) is 4.83. The molecule has 0 saturated carbocycles. The number of rotatable bonds is 4. The average Bonchev–Trinajstić information content (AvgIpc) is 3.00. The van der Waals surface area contributed by atoms with Crippen molar-refractivity contribution in [3.63, 3.8) is 0 Å². The summed E-state index contributed by atoms with van der Waals surface area (Å²) >= 11 is 1.62. The molecule has 4 heteroatoms. The highest BCUT2D eigenvalue weighted by molar-refractivity contribution is 7.14. The van der Waals surface area contributed by atoms with Gasteiger partial charge in [0.2, 0.25) is 0 Å². The Bertz CT molecular complexity index is 612. The van der Waals surface area contributed by atoms with Crippen LogP contribution in [0.1, 0.15) is 33.5 Å². The van der Waals surface area contributed by atoms with Gasteiger partial charge in [-0.3, -0.25) is 4.79 Å². The molecule has 1 aromatic carbocycles. The average molecular weight is 287 g/mol. The molecule has 0 radical (unpaired) electrons. The second-order valence-corrected chi connectivity index (χ2v) is 5.96. The summed E-state index contributed by atoms with van der Waals surface area (Å²) in [6.45, 7) is 2.56. The number of amides is 1. The van der Waals surface area contributed by atoms with Gasteiger partial charge in [0.1, 0.15) is 5.75 Å². The molecule has 0 atom stereocenters. The Kier molecular flexibility index (Phi) is 3.74. The van der Waals surface area contributed by atoms with Gasteiger partial charge in [-0.15, -0.1) is 11.3 Å². The fourth-order valence-corrected chi connectivity index (χ4v) is 3.61. The minimum atomic E-state index is -0.0296.